The Balaban J connectivity index is 2.17. The predicted octanol–water partition coefficient (Wildman–Crippen LogP) is 1.94. The Labute approximate surface area is 99.6 Å². The first kappa shape index (κ1) is 13.9. The highest BCUT2D eigenvalue weighted by Gasteiger charge is 2.36. The molecule has 0 aromatic carbocycles. The van der Waals surface area contributed by atoms with Crippen molar-refractivity contribution >= 4 is 0 Å². The second kappa shape index (κ2) is 7.25. The summed E-state index contributed by atoms with van der Waals surface area (Å²) in [5.41, 5.74) is 0.503. The number of nitrogens with one attached hydrogen (secondary N) is 1. The van der Waals surface area contributed by atoms with Gasteiger partial charge in [-0.1, -0.05) is 6.42 Å². The highest BCUT2D eigenvalue weighted by atomic mass is 16.5. The lowest BCUT2D eigenvalue weighted by atomic mass is 9.66. The van der Waals surface area contributed by atoms with Gasteiger partial charge in [-0.2, -0.15) is 0 Å². The molecule has 96 valence electrons. The summed E-state index contributed by atoms with van der Waals surface area (Å²) in [5, 5.41) is 12.4. The van der Waals surface area contributed by atoms with Gasteiger partial charge in [0, 0.05) is 32.9 Å². The summed E-state index contributed by atoms with van der Waals surface area (Å²) in [6, 6.07) is 0.521. The molecule has 0 radical (unpaired) electrons. The third kappa shape index (κ3) is 4.40. The zero-order valence-corrected chi connectivity index (χ0v) is 10.8. The van der Waals surface area contributed by atoms with Crippen molar-refractivity contribution in [1.29, 1.82) is 0 Å². The van der Waals surface area contributed by atoms with Gasteiger partial charge in [-0.05, 0) is 44.4 Å². The SMILES string of the molecule is COCCC1(CNC(C)CCCO)CCC1. The summed E-state index contributed by atoms with van der Waals surface area (Å²) in [4.78, 5) is 0. The summed E-state index contributed by atoms with van der Waals surface area (Å²) < 4.78 is 5.18. The fraction of sp³-hybridized carbons (Fsp3) is 1.00. The fourth-order valence-electron chi connectivity index (χ4n) is 2.40. The van der Waals surface area contributed by atoms with Crippen molar-refractivity contribution < 1.29 is 9.84 Å². The Morgan fingerprint density at radius 3 is 2.69 bits per heavy atom. The van der Waals surface area contributed by atoms with E-state index >= 15 is 0 Å². The van der Waals surface area contributed by atoms with E-state index in [1.165, 1.54) is 25.7 Å². The van der Waals surface area contributed by atoms with Gasteiger partial charge in [-0.15, -0.1) is 0 Å². The van der Waals surface area contributed by atoms with Crippen molar-refractivity contribution in [2.45, 2.75) is 51.5 Å². The molecule has 3 nitrogen and oxygen atoms in total. The van der Waals surface area contributed by atoms with Gasteiger partial charge in [0.05, 0.1) is 0 Å². The standard InChI is InChI=1S/C13H27NO2/c1-12(5-3-9-15)14-11-13(6-4-7-13)8-10-16-2/h12,14-15H,3-11H2,1-2H3. The minimum absolute atomic E-state index is 0.306. The molecule has 1 unspecified atom stereocenters. The molecular weight excluding hydrogens is 202 g/mol. The first-order chi connectivity index (χ1) is 7.72. The molecule has 0 saturated heterocycles. The monoisotopic (exact) mass is 229 g/mol. The largest absolute Gasteiger partial charge is 0.396 e. The number of hydrogen-bond acceptors (Lipinski definition) is 3. The Hall–Kier alpha value is -0.120. The van der Waals surface area contributed by atoms with Gasteiger partial charge in [-0.25, -0.2) is 0 Å². The molecule has 0 aromatic rings. The third-order valence-electron chi connectivity index (χ3n) is 3.87. The molecule has 0 heterocycles. The van der Waals surface area contributed by atoms with Crippen molar-refractivity contribution in [2.24, 2.45) is 5.41 Å². The van der Waals surface area contributed by atoms with Crippen LogP contribution in [0.5, 0.6) is 0 Å². The van der Waals surface area contributed by atoms with Crippen LogP contribution in [0.25, 0.3) is 0 Å². The van der Waals surface area contributed by atoms with Crippen LogP contribution in [0.1, 0.15) is 45.4 Å². The van der Waals surface area contributed by atoms with E-state index in [0.29, 0.717) is 18.1 Å². The fourth-order valence-corrected chi connectivity index (χ4v) is 2.40. The van der Waals surface area contributed by atoms with E-state index in [1.807, 2.05) is 0 Å². The molecule has 1 fully saturated rings. The zero-order chi connectivity index (χ0) is 11.9. The normalized spacial score (nSPS) is 20.4. The van der Waals surface area contributed by atoms with Crippen molar-refractivity contribution in [3.05, 3.63) is 0 Å². The van der Waals surface area contributed by atoms with Crippen molar-refractivity contribution in [2.75, 3.05) is 26.9 Å². The van der Waals surface area contributed by atoms with Gasteiger partial charge < -0.3 is 15.2 Å². The lowest BCUT2D eigenvalue weighted by molar-refractivity contribution is 0.0664. The molecule has 1 aliphatic carbocycles. The topological polar surface area (TPSA) is 41.5 Å². The van der Waals surface area contributed by atoms with Crippen LogP contribution < -0.4 is 5.32 Å². The van der Waals surface area contributed by atoms with Crippen LogP contribution in [-0.2, 0) is 4.74 Å². The molecule has 1 atom stereocenters. The molecule has 16 heavy (non-hydrogen) atoms. The van der Waals surface area contributed by atoms with Crippen molar-refractivity contribution in [1.82, 2.24) is 5.32 Å². The van der Waals surface area contributed by atoms with Crippen LogP contribution in [-0.4, -0.2) is 38.0 Å². The number of aliphatic hydroxyl groups is 1. The highest BCUT2D eigenvalue weighted by Crippen LogP contribution is 2.43. The smallest absolute Gasteiger partial charge is 0.0468 e. The summed E-state index contributed by atoms with van der Waals surface area (Å²) in [6.07, 6.45) is 7.21. The van der Waals surface area contributed by atoms with Gasteiger partial charge >= 0.3 is 0 Å². The summed E-state index contributed by atoms with van der Waals surface area (Å²) in [6.45, 7) is 4.51. The average Bonchev–Trinajstić information content (AvgIpc) is 2.24. The zero-order valence-electron chi connectivity index (χ0n) is 10.8. The Morgan fingerprint density at radius 2 is 2.19 bits per heavy atom. The minimum Gasteiger partial charge on any atom is -0.396 e. The predicted molar refractivity (Wildman–Crippen MR) is 66.6 cm³/mol. The van der Waals surface area contributed by atoms with Crippen LogP contribution in [0.3, 0.4) is 0 Å². The Bertz CT molecular complexity index is 181. The van der Waals surface area contributed by atoms with E-state index in [4.69, 9.17) is 9.84 Å². The molecular formula is C13H27NO2. The second-order valence-electron chi connectivity index (χ2n) is 5.24. The van der Waals surface area contributed by atoms with Gasteiger partial charge in [0.1, 0.15) is 0 Å². The quantitative estimate of drug-likeness (QED) is 0.635. The lowest BCUT2D eigenvalue weighted by Crippen LogP contribution is -2.43. The number of aliphatic hydroxyl groups excluding tert-OH is 1. The highest BCUT2D eigenvalue weighted by molar-refractivity contribution is 4.90. The maximum absolute atomic E-state index is 8.77. The summed E-state index contributed by atoms with van der Waals surface area (Å²) in [5.74, 6) is 0. The van der Waals surface area contributed by atoms with E-state index in [9.17, 15) is 0 Å². The first-order valence-corrected chi connectivity index (χ1v) is 6.56. The van der Waals surface area contributed by atoms with Crippen molar-refractivity contribution in [3.8, 4) is 0 Å². The maximum Gasteiger partial charge on any atom is 0.0468 e. The van der Waals surface area contributed by atoms with E-state index in [2.05, 4.69) is 12.2 Å². The molecule has 1 aliphatic rings. The van der Waals surface area contributed by atoms with E-state index in [1.54, 1.807) is 7.11 Å². The molecule has 0 spiro atoms. The van der Waals surface area contributed by atoms with Gasteiger partial charge in [0.2, 0.25) is 0 Å². The Morgan fingerprint density at radius 1 is 1.44 bits per heavy atom. The number of hydrogen-bond donors (Lipinski definition) is 2. The maximum atomic E-state index is 8.77. The number of ether oxygens (including phenoxy) is 1. The number of methoxy groups -OCH3 is 1. The molecule has 3 heteroatoms. The number of rotatable bonds is 9. The molecule has 2 N–H and O–H groups in total. The van der Waals surface area contributed by atoms with Crippen LogP contribution >= 0.6 is 0 Å². The first-order valence-electron chi connectivity index (χ1n) is 6.56. The summed E-state index contributed by atoms with van der Waals surface area (Å²) in [7, 11) is 1.78. The average molecular weight is 229 g/mol. The molecule has 1 saturated carbocycles. The van der Waals surface area contributed by atoms with Gasteiger partial charge in [-0.3, -0.25) is 0 Å². The van der Waals surface area contributed by atoms with Crippen molar-refractivity contribution in [3.63, 3.8) is 0 Å². The van der Waals surface area contributed by atoms with Gasteiger partial charge in [0.25, 0.3) is 0 Å². The lowest BCUT2D eigenvalue weighted by Gasteiger charge is -2.43. The van der Waals surface area contributed by atoms with E-state index in [-0.39, 0.29) is 0 Å². The Kier molecular flexibility index (Phi) is 6.32. The molecule has 0 aromatic heterocycles. The van der Waals surface area contributed by atoms with Crippen LogP contribution in [0.15, 0.2) is 0 Å². The molecule has 0 bridgehead atoms. The van der Waals surface area contributed by atoms with E-state index in [0.717, 1.165) is 26.0 Å². The van der Waals surface area contributed by atoms with E-state index < -0.39 is 0 Å². The molecule has 0 aliphatic heterocycles. The third-order valence-corrected chi connectivity index (χ3v) is 3.87. The molecule has 0 amide bonds. The summed E-state index contributed by atoms with van der Waals surface area (Å²) >= 11 is 0. The minimum atomic E-state index is 0.306. The van der Waals surface area contributed by atoms with Crippen LogP contribution in [0.2, 0.25) is 0 Å². The molecule has 1 rings (SSSR count). The second-order valence-corrected chi connectivity index (χ2v) is 5.24. The van der Waals surface area contributed by atoms with Crippen LogP contribution in [0, 0.1) is 5.41 Å². The van der Waals surface area contributed by atoms with Crippen LogP contribution in [0.4, 0.5) is 0 Å². The van der Waals surface area contributed by atoms with Gasteiger partial charge in [0.15, 0.2) is 0 Å².